The number of amides is 1. The van der Waals surface area contributed by atoms with Crippen LogP contribution in [0.1, 0.15) is 36.0 Å². The van der Waals surface area contributed by atoms with Crippen LogP contribution in [-0.2, 0) is 0 Å². The fourth-order valence-electron chi connectivity index (χ4n) is 3.08. The number of carbonyl (C=O) groups is 1. The van der Waals surface area contributed by atoms with Crippen molar-refractivity contribution in [1.82, 2.24) is 5.32 Å². The molecule has 1 amide bonds. The normalized spacial score (nSPS) is 21.0. The maximum atomic E-state index is 14.1. The van der Waals surface area contributed by atoms with E-state index in [-0.39, 0.29) is 23.9 Å². The number of nitrogens with one attached hydrogen (secondary N) is 1. The monoisotopic (exact) mass is 313 g/mol. The topological polar surface area (TPSA) is 49.3 Å². The summed E-state index contributed by atoms with van der Waals surface area (Å²) in [6.45, 7) is 0. The molecule has 1 aliphatic rings. The van der Waals surface area contributed by atoms with Gasteiger partial charge in [0.25, 0.3) is 5.91 Å². The van der Waals surface area contributed by atoms with Gasteiger partial charge in [-0.25, -0.2) is 4.39 Å². The second kappa shape index (κ2) is 6.92. The molecule has 1 fully saturated rings. The standard InChI is InChI=1S/C19H20FNO2/c20-18-8-4-3-6-16(18)15-5-1-2-7-17(15)19(23)21-13-9-11-14(22)12-10-13/h1-8,13-14,22H,9-12H2,(H,21,23). The Morgan fingerprint density at radius 3 is 2.26 bits per heavy atom. The maximum absolute atomic E-state index is 14.1. The minimum Gasteiger partial charge on any atom is -0.393 e. The molecule has 2 N–H and O–H groups in total. The highest BCUT2D eigenvalue weighted by Crippen LogP contribution is 2.27. The van der Waals surface area contributed by atoms with E-state index in [4.69, 9.17) is 0 Å². The lowest BCUT2D eigenvalue weighted by molar-refractivity contribution is 0.0868. The van der Waals surface area contributed by atoms with Crippen molar-refractivity contribution in [3.8, 4) is 11.1 Å². The lowest BCUT2D eigenvalue weighted by Crippen LogP contribution is -2.38. The number of hydrogen-bond donors (Lipinski definition) is 2. The van der Waals surface area contributed by atoms with E-state index in [9.17, 15) is 14.3 Å². The molecule has 0 atom stereocenters. The van der Waals surface area contributed by atoms with Gasteiger partial charge in [0.15, 0.2) is 0 Å². The summed E-state index contributed by atoms with van der Waals surface area (Å²) in [5.74, 6) is -0.529. The molecule has 0 unspecified atom stereocenters. The molecule has 1 aliphatic carbocycles. The second-order valence-corrected chi connectivity index (χ2v) is 6.00. The van der Waals surface area contributed by atoms with Gasteiger partial charge in [-0.3, -0.25) is 4.79 Å². The van der Waals surface area contributed by atoms with Crippen LogP contribution in [0.4, 0.5) is 4.39 Å². The molecule has 2 aromatic carbocycles. The van der Waals surface area contributed by atoms with E-state index in [0.717, 1.165) is 12.8 Å². The second-order valence-electron chi connectivity index (χ2n) is 6.00. The lowest BCUT2D eigenvalue weighted by atomic mass is 9.92. The van der Waals surface area contributed by atoms with Gasteiger partial charge in [-0.05, 0) is 43.4 Å². The van der Waals surface area contributed by atoms with Gasteiger partial charge < -0.3 is 10.4 Å². The van der Waals surface area contributed by atoms with Gasteiger partial charge in [0.2, 0.25) is 0 Å². The van der Waals surface area contributed by atoms with E-state index in [2.05, 4.69) is 5.32 Å². The molecular formula is C19H20FNO2. The first kappa shape index (κ1) is 15.7. The van der Waals surface area contributed by atoms with E-state index < -0.39 is 0 Å². The van der Waals surface area contributed by atoms with Crippen LogP contribution in [0.5, 0.6) is 0 Å². The summed E-state index contributed by atoms with van der Waals surface area (Å²) >= 11 is 0. The number of aliphatic hydroxyl groups excluding tert-OH is 1. The van der Waals surface area contributed by atoms with Crippen molar-refractivity contribution >= 4 is 5.91 Å². The van der Waals surface area contributed by atoms with Crippen LogP contribution in [0.25, 0.3) is 11.1 Å². The summed E-state index contributed by atoms with van der Waals surface area (Å²) in [7, 11) is 0. The zero-order chi connectivity index (χ0) is 16.2. The molecule has 4 heteroatoms. The molecule has 0 spiro atoms. The van der Waals surface area contributed by atoms with Crippen LogP contribution >= 0.6 is 0 Å². The largest absolute Gasteiger partial charge is 0.393 e. The Kier molecular flexibility index (Phi) is 4.72. The Balaban J connectivity index is 1.83. The van der Waals surface area contributed by atoms with E-state index >= 15 is 0 Å². The summed E-state index contributed by atoms with van der Waals surface area (Å²) in [6, 6.07) is 13.6. The highest BCUT2D eigenvalue weighted by Gasteiger charge is 2.22. The van der Waals surface area contributed by atoms with Crippen LogP contribution < -0.4 is 5.32 Å². The first-order valence-electron chi connectivity index (χ1n) is 7.98. The van der Waals surface area contributed by atoms with Crippen LogP contribution in [0.15, 0.2) is 48.5 Å². The van der Waals surface area contributed by atoms with Gasteiger partial charge >= 0.3 is 0 Å². The summed E-state index contributed by atoms with van der Waals surface area (Å²) in [4.78, 5) is 12.6. The highest BCUT2D eigenvalue weighted by molar-refractivity contribution is 6.01. The zero-order valence-corrected chi connectivity index (χ0v) is 12.8. The van der Waals surface area contributed by atoms with Crippen molar-refractivity contribution in [2.75, 3.05) is 0 Å². The first-order valence-corrected chi connectivity index (χ1v) is 7.98. The SMILES string of the molecule is O=C(NC1CCC(O)CC1)c1ccccc1-c1ccccc1F. The molecule has 23 heavy (non-hydrogen) atoms. The van der Waals surface area contributed by atoms with Gasteiger partial charge in [0, 0.05) is 17.2 Å². The third kappa shape index (κ3) is 3.59. The third-order valence-corrected chi connectivity index (χ3v) is 4.37. The fourth-order valence-corrected chi connectivity index (χ4v) is 3.08. The Morgan fingerprint density at radius 2 is 1.57 bits per heavy atom. The van der Waals surface area contributed by atoms with Gasteiger partial charge in [-0.1, -0.05) is 36.4 Å². The molecule has 120 valence electrons. The number of rotatable bonds is 3. The van der Waals surface area contributed by atoms with Gasteiger partial charge in [0.1, 0.15) is 5.82 Å². The zero-order valence-electron chi connectivity index (χ0n) is 12.8. The van der Waals surface area contributed by atoms with E-state index in [1.165, 1.54) is 6.07 Å². The Morgan fingerprint density at radius 1 is 0.957 bits per heavy atom. The van der Waals surface area contributed by atoms with Gasteiger partial charge in [0.05, 0.1) is 6.10 Å². The van der Waals surface area contributed by atoms with E-state index in [1.807, 2.05) is 0 Å². The van der Waals surface area contributed by atoms with Crippen molar-refractivity contribution in [2.24, 2.45) is 0 Å². The van der Waals surface area contributed by atoms with Gasteiger partial charge in [-0.2, -0.15) is 0 Å². The van der Waals surface area contributed by atoms with Crippen molar-refractivity contribution in [3.63, 3.8) is 0 Å². The number of benzene rings is 2. The molecule has 0 aromatic heterocycles. The maximum Gasteiger partial charge on any atom is 0.252 e. The fraction of sp³-hybridized carbons (Fsp3) is 0.316. The third-order valence-electron chi connectivity index (χ3n) is 4.37. The summed E-state index contributed by atoms with van der Waals surface area (Å²) in [5.41, 5.74) is 1.50. The predicted molar refractivity (Wildman–Crippen MR) is 87.6 cm³/mol. The van der Waals surface area contributed by atoms with Gasteiger partial charge in [-0.15, -0.1) is 0 Å². The summed E-state index contributed by atoms with van der Waals surface area (Å²) in [5, 5.41) is 12.6. The molecule has 3 nitrogen and oxygen atoms in total. The average molecular weight is 313 g/mol. The van der Waals surface area contributed by atoms with Crippen LogP contribution in [0, 0.1) is 5.82 Å². The Hall–Kier alpha value is -2.20. The van der Waals surface area contributed by atoms with Crippen molar-refractivity contribution in [3.05, 3.63) is 59.9 Å². The molecule has 0 radical (unpaired) electrons. The number of hydrogen-bond acceptors (Lipinski definition) is 2. The lowest BCUT2D eigenvalue weighted by Gasteiger charge is -2.26. The first-order chi connectivity index (χ1) is 11.1. The van der Waals surface area contributed by atoms with Crippen LogP contribution in [0.3, 0.4) is 0 Å². The highest BCUT2D eigenvalue weighted by atomic mass is 19.1. The molecule has 2 aromatic rings. The minimum absolute atomic E-state index is 0.0691. The average Bonchev–Trinajstić information content (AvgIpc) is 2.57. The molecule has 0 aliphatic heterocycles. The van der Waals surface area contributed by atoms with Crippen LogP contribution in [0.2, 0.25) is 0 Å². The van der Waals surface area contributed by atoms with E-state index in [0.29, 0.717) is 29.5 Å². The molecule has 0 bridgehead atoms. The molecular weight excluding hydrogens is 293 g/mol. The Labute approximate surface area is 135 Å². The summed E-state index contributed by atoms with van der Waals surface area (Å²) in [6.07, 6.45) is 2.71. The van der Waals surface area contributed by atoms with Crippen molar-refractivity contribution in [2.45, 2.75) is 37.8 Å². The molecule has 1 saturated carbocycles. The quantitative estimate of drug-likeness (QED) is 0.911. The summed E-state index contributed by atoms with van der Waals surface area (Å²) < 4.78 is 14.1. The smallest absolute Gasteiger partial charge is 0.252 e. The van der Waals surface area contributed by atoms with Crippen molar-refractivity contribution in [1.29, 1.82) is 0 Å². The molecule has 0 saturated heterocycles. The molecule has 0 heterocycles. The number of halogens is 1. The molecule has 3 rings (SSSR count). The minimum atomic E-state index is -0.339. The van der Waals surface area contributed by atoms with E-state index in [1.54, 1.807) is 42.5 Å². The Bertz CT molecular complexity index is 693. The van der Waals surface area contributed by atoms with Crippen LogP contribution in [-0.4, -0.2) is 23.2 Å². The predicted octanol–water partition coefficient (Wildman–Crippen LogP) is 3.53. The number of carbonyl (C=O) groups excluding carboxylic acids is 1. The van der Waals surface area contributed by atoms with Crippen molar-refractivity contribution < 1.29 is 14.3 Å². The number of aliphatic hydroxyl groups is 1.